The number of rotatable bonds is 3. The molecule has 0 atom stereocenters. The van der Waals surface area contributed by atoms with Crippen LogP contribution in [-0.2, 0) is 4.79 Å². The SMILES string of the molecule is N#CCNC(=O)CSC(N)=NN. The van der Waals surface area contributed by atoms with Crippen molar-refractivity contribution in [3.63, 3.8) is 0 Å². The maximum atomic E-state index is 10.8. The van der Waals surface area contributed by atoms with Gasteiger partial charge >= 0.3 is 0 Å². The number of thioether (sulfide) groups is 1. The van der Waals surface area contributed by atoms with Crippen LogP contribution in [-0.4, -0.2) is 23.4 Å². The van der Waals surface area contributed by atoms with Crippen molar-refractivity contribution in [3.8, 4) is 6.07 Å². The minimum absolute atomic E-state index is 0.000927. The van der Waals surface area contributed by atoms with E-state index in [0.29, 0.717) is 0 Å². The zero-order valence-electron chi connectivity index (χ0n) is 6.28. The molecule has 0 aliphatic carbocycles. The summed E-state index contributed by atoms with van der Waals surface area (Å²) in [5.41, 5.74) is 5.19. The lowest BCUT2D eigenvalue weighted by Crippen LogP contribution is -2.26. The molecule has 0 saturated carbocycles. The van der Waals surface area contributed by atoms with Gasteiger partial charge in [0.1, 0.15) is 6.54 Å². The van der Waals surface area contributed by atoms with Crippen molar-refractivity contribution < 1.29 is 4.79 Å². The second kappa shape index (κ2) is 6.30. The lowest BCUT2D eigenvalue weighted by molar-refractivity contribution is -0.118. The molecular weight excluding hydrogens is 178 g/mol. The minimum atomic E-state index is -0.270. The van der Waals surface area contributed by atoms with Crippen LogP contribution in [0, 0.1) is 11.3 Å². The number of amides is 1. The number of nitrogens with two attached hydrogens (primary N) is 2. The van der Waals surface area contributed by atoms with E-state index in [0.717, 1.165) is 11.8 Å². The first-order valence-electron chi connectivity index (χ1n) is 3.00. The average Bonchev–Trinajstić information content (AvgIpc) is 2.10. The fourth-order valence-electron chi connectivity index (χ4n) is 0.366. The number of carbonyl (C=O) groups is 1. The van der Waals surface area contributed by atoms with Gasteiger partial charge < -0.3 is 16.9 Å². The van der Waals surface area contributed by atoms with Crippen molar-refractivity contribution in [2.45, 2.75) is 0 Å². The standard InChI is InChI=1S/C5H9N5OS/c6-1-2-9-4(11)3-12-5(7)10-8/h2-3,8H2,(H2,7,10)(H,9,11). The molecule has 6 nitrogen and oxygen atoms in total. The summed E-state index contributed by atoms with van der Waals surface area (Å²) in [6.45, 7) is -0.000927. The molecule has 0 spiro atoms. The van der Waals surface area contributed by atoms with Crippen LogP contribution in [0.5, 0.6) is 0 Å². The van der Waals surface area contributed by atoms with E-state index in [1.54, 1.807) is 6.07 Å². The Hall–Kier alpha value is -1.42. The highest BCUT2D eigenvalue weighted by molar-refractivity contribution is 8.14. The van der Waals surface area contributed by atoms with E-state index < -0.39 is 0 Å². The van der Waals surface area contributed by atoms with E-state index in [1.165, 1.54) is 0 Å². The highest BCUT2D eigenvalue weighted by Crippen LogP contribution is 1.96. The third kappa shape index (κ3) is 5.37. The number of nitrogens with zero attached hydrogens (tertiary/aromatic N) is 2. The maximum Gasteiger partial charge on any atom is 0.231 e. The smallest absolute Gasteiger partial charge is 0.231 e. The Bertz CT molecular complexity index is 220. The van der Waals surface area contributed by atoms with Crippen molar-refractivity contribution >= 4 is 22.8 Å². The Morgan fingerprint density at radius 2 is 2.42 bits per heavy atom. The molecular formula is C5H9N5OS. The van der Waals surface area contributed by atoms with Gasteiger partial charge in [-0.15, -0.1) is 0 Å². The Kier molecular flexibility index (Phi) is 5.55. The van der Waals surface area contributed by atoms with E-state index in [9.17, 15) is 4.79 Å². The first kappa shape index (κ1) is 10.6. The zero-order chi connectivity index (χ0) is 9.40. The summed E-state index contributed by atoms with van der Waals surface area (Å²) in [4.78, 5) is 10.8. The number of carbonyl (C=O) groups excluding carboxylic acids is 1. The molecule has 0 aliphatic heterocycles. The van der Waals surface area contributed by atoms with Gasteiger partial charge in [-0.2, -0.15) is 10.4 Å². The third-order valence-electron chi connectivity index (χ3n) is 0.843. The average molecular weight is 187 g/mol. The quantitative estimate of drug-likeness (QED) is 0.164. The largest absolute Gasteiger partial charge is 0.377 e. The second-order valence-corrected chi connectivity index (χ2v) is 2.69. The van der Waals surface area contributed by atoms with Crippen LogP contribution >= 0.6 is 11.8 Å². The molecule has 0 aliphatic rings. The molecule has 0 rings (SSSR count). The van der Waals surface area contributed by atoms with Gasteiger partial charge in [0.05, 0.1) is 11.8 Å². The molecule has 0 aromatic heterocycles. The number of hydrazone groups is 1. The monoisotopic (exact) mass is 187 g/mol. The van der Waals surface area contributed by atoms with Crippen molar-refractivity contribution in [2.75, 3.05) is 12.3 Å². The Balaban J connectivity index is 3.52. The first-order chi connectivity index (χ1) is 5.70. The molecule has 0 bridgehead atoms. The Morgan fingerprint density at radius 1 is 1.75 bits per heavy atom. The number of amidine groups is 1. The molecule has 1 amide bonds. The predicted molar refractivity (Wildman–Crippen MR) is 46.9 cm³/mol. The predicted octanol–water partition coefficient (Wildman–Crippen LogP) is -1.45. The summed E-state index contributed by atoms with van der Waals surface area (Å²) >= 11 is 1.02. The highest BCUT2D eigenvalue weighted by Gasteiger charge is 2.01. The van der Waals surface area contributed by atoms with Crippen LogP contribution < -0.4 is 16.9 Å². The van der Waals surface area contributed by atoms with Gasteiger partial charge in [0.25, 0.3) is 0 Å². The van der Waals surface area contributed by atoms with Crippen molar-refractivity contribution in [1.29, 1.82) is 5.26 Å². The lowest BCUT2D eigenvalue weighted by Gasteiger charge is -1.98. The molecule has 0 unspecified atom stereocenters. The fourth-order valence-corrected chi connectivity index (χ4v) is 0.821. The van der Waals surface area contributed by atoms with Crippen molar-refractivity contribution in [2.24, 2.45) is 16.7 Å². The summed E-state index contributed by atoms with van der Waals surface area (Å²) in [7, 11) is 0. The normalized spacial score (nSPS) is 10.4. The van der Waals surface area contributed by atoms with Crippen LogP contribution in [0.3, 0.4) is 0 Å². The molecule has 0 saturated heterocycles. The fraction of sp³-hybridized carbons (Fsp3) is 0.400. The van der Waals surface area contributed by atoms with Crippen molar-refractivity contribution in [3.05, 3.63) is 0 Å². The first-order valence-corrected chi connectivity index (χ1v) is 3.99. The molecule has 0 aromatic carbocycles. The molecule has 7 heteroatoms. The molecule has 5 N–H and O–H groups in total. The zero-order valence-corrected chi connectivity index (χ0v) is 7.10. The number of nitriles is 1. The van der Waals surface area contributed by atoms with E-state index >= 15 is 0 Å². The van der Waals surface area contributed by atoms with Gasteiger partial charge in [-0.1, -0.05) is 11.8 Å². The summed E-state index contributed by atoms with van der Waals surface area (Å²) in [6.07, 6.45) is 0. The van der Waals surface area contributed by atoms with Gasteiger partial charge in [-0.25, -0.2) is 0 Å². The molecule has 0 aromatic rings. The van der Waals surface area contributed by atoms with Crippen LogP contribution in [0.25, 0.3) is 0 Å². The second-order valence-electron chi connectivity index (χ2n) is 1.69. The number of hydrogen-bond acceptors (Lipinski definition) is 5. The molecule has 12 heavy (non-hydrogen) atoms. The summed E-state index contributed by atoms with van der Waals surface area (Å²) in [6, 6.07) is 1.77. The molecule has 0 heterocycles. The Labute approximate surface area is 74.0 Å². The topological polar surface area (TPSA) is 117 Å². The number of hydrogen-bond donors (Lipinski definition) is 3. The van der Waals surface area contributed by atoms with Gasteiger partial charge in [-0.3, -0.25) is 4.79 Å². The van der Waals surface area contributed by atoms with E-state index in [-0.39, 0.29) is 23.4 Å². The van der Waals surface area contributed by atoms with E-state index in [1.807, 2.05) is 0 Å². The maximum absolute atomic E-state index is 10.8. The van der Waals surface area contributed by atoms with Gasteiger partial charge in [0.15, 0.2) is 5.17 Å². The Morgan fingerprint density at radius 3 is 2.92 bits per heavy atom. The van der Waals surface area contributed by atoms with E-state index in [4.69, 9.17) is 16.8 Å². The van der Waals surface area contributed by atoms with Gasteiger partial charge in [-0.05, 0) is 0 Å². The summed E-state index contributed by atoms with van der Waals surface area (Å²) < 4.78 is 0. The van der Waals surface area contributed by atoms with Gasteiger partial charge in [0.2, 0.25) is 5.91 Å². The van der Waals surface area contributed by atoms with E-state index in [2.05, 4.69) is 10.4 Å². The molecule has 0 fully saturated rings. The summed E-state index contributed by atoms with van der Waals surface area (Å²) in [5, 5.41) is 13.7. The minimum Gasteiger partial charge on any atom is -0.377 e. The van der Waals surface area contributed by atoms with Crippen LogP contribution in [0.4, 0.5) is 0 Å². The van der Waals surface area contributed by atoms with Gasteiger partial charge in [0, 0.05) is 0 Å². The molecule has 0 radical (unpaired) electrons. The van der Waals surface area contributed by atoms with Crippen molar-refractivity contribution in [1.82, 2.24) is 5.32 Å². The lowest BCUT2D eigenvalue weighted by atomic mass is 10.6. The summed E-state index contributed by atoms with van der Waals surface area (Å²) in [5.74, 6) is 4.67. The number of nitrogens with one attached hydrogen (secondary N) is 1. The third-order valence-corrected chi connectivity index (χ3v) is 1.65. The molecule has 66 valence electrons. The van der Waals surface area contributed by atoms with Crippen LogP contribution in [0.1, 0.15) is 0 Å². The highest BCUT2D eigenvalue weighted by atomic mass is 32.2. The van der Waals surface area contributed by atoms with Crippen LogP contribution in [0.2, 0.25) is 0 Å². The van der Waals surface area contributed by atoms with Crippen LogP contribution in [0.15, 0.2) is 5.10 Å².